The minimum Gasteiger partial charge on any atom is -0.384 e. The molecule has 7 heteroatoms. The van der Waals surface area contributed by atoms with E-state index in [1.54, 1.807) is 53.2 Å². The second-order valence-electron chi connectivity index (χ2n) is 7.06. The first-order valence-corrected chi connectivity index (χ1v) is 10.1. The Hall–Kier alpha value is -3.64. The van der Waals surface area contributed by atoms with E-state index in [1.165, 1.54) is 12.1 Å². The van der Waals surface area contributed by atoms with Crippen molar-refractivity contribution in [3.05, 3.63) is 101 Å². The van der Waals surface area contributed by atoms with Crippen LogP contribution in [-0.4, -0.2) is 22.2 Å². The maximum atomic E-state index is 13.0. The lowest BCUT2D eigenvalue weighted by atomic mass is 10.1. The van der Waals surface area contributed by atoms with Gasteiger partial charge in [-0.1, -0.05) is 35.9 Å². The van der Waals surface area contributed by atoms with Crippen molar-refractivity contribution in [1.29, 1.82) is 0 Å². The summed E-state index contributed by atoms with van der Waals surface area (Å²) in [4.78, 5) is 12.4. The molecule has 0 aliphatic rings. The number of anilines is 1. The number of benzene rings is 3. The number of amides is 1. The number of rotatable bonds is 6. The zero-order valence-electron chi connectivity index (χ0n) is 16.6. The number of hydrogen-bond acceptors (Lipinski definition) is 3. The van der Waals surface area contributed by atoms with Gasteiger partial charge in [0, 0.05) is 28.8 Å². The minimum absolute atomic E-state index is 0.179. The van der Waals surface area contributed by atoms with Gasteiger partial charge in [0.15, 0.2) is 0 Å². The van der Waals surface area contributed by atoms with Crippen LogP contribution in [-0.2, 0) is 6.42 Å². The molecule has 1 aromatic heterocycles. The molecule has 0 spiro atoms. The van der Waals surface area contributed by atoms with E-state index in [2.05, 4.69) is 10.4 Å². The zero-order chi connectivity index (χ0) is 21.8. The third-order valence-corrected chi connectivity index (χ3v) is 5.08. The predicted molar refractivity (Wildman–Crippen MR) is 121 cm³/mol. The number of nitrogen functional groups attached to an aromatic ring is 1. The van der Waals surface area contributed by atoms with Crippen LogP contribution in [0.4, 0.5) is 10.2 Å². The number of nitrogens with zero attached hydrogens (tertiary/aromatic N) is 2. The number of nitrogens with one attached hydrogen (secondary N) is 1. The van der Waals surface area contributed by atoms with Crippen molar-refractivity contribution in [1.82, 2.24) is 15.1 Å². The fraction of sp³-hybridized carbons (Fsp3) is 0.0833. The molecule has 1 amide bonds. The van der Waals surface area contributed by atoms with Gasteiger partial charge in [0.1, 0.15) is 11.6 Å². The summed E-state index contributed by atoms with van der Waals surface area (Å²) in [7, 11) is 0. The molecule has 3 N–H and O–H groups in total. The Morgan fingerprint density at radius 1 is 1.03 bits per heavy atom. The maximum Gasteiger partial charge on any atom is 0.251 e. The number of carbonyl (C=O) groups excluding carboxylic acids is 1. The van der Waals surface area contributed by atoms with Gasteiger partial charge in [-0.25, -0.2) is 9.07 Å². The molecule has 156 valence electrons. The fourth-order valence-electron chi connectivity index (χ4n) is 3.22. The van der Waals surface area contributed by atoms with Crippen molar-refractivity contribution < 1.29 is 9.18 Å². The number of carbonyl (C=O) groups is 1. The summed E-state index contributed by atoms with van der Waals surface area (Å²) in [6.45, 7) is 0.460. The number of aromatic nitrogens is 2. The van der Waals surface area contributed by atoms with E-state index >= 15 is 0 Å². The Balaban J connectivity index is 1.42. The molecular weight excluding hydrogens is 415 g/mol. The molecule has 0 bridgehead atoms. The normalized spacial score (nSPS) is 10.8. The van der Waals surface area contributed by atoms with E-state index in [-0.39, 0.29) is 11.7 Å². The standard InChI is InChI=1S/C24H20ClFN4O/c25-19-3-1-2-18(14-19)22-15-23(27)30(29-22)21-10-6-17(7-11-21)24(31)28-13-12-16-4-8-20(26)9-5-16/h1-11,14-15H,12-13,27H2,(H,28,31). The molecule has 5 nitrogen and oxygen atoms in total. The molecule has 0 aliphatic heterocycles. The van der Waals surface area contributed by atoms with Gasteiger partial charge in [0.2, 0.25) is 0 Å². The van der Waals surface area contributed by atoms with Gasteiger partial charge >= 0.3 is 0 Å². The maximum absolute atomic E-state index is 13.0. The van der Waals surface area contributed by atoms with Crippen molar-refractivity contribution in [2.75, 3.05) is 12.3 Å². The van der Waals surface area contributed by atoms with Crippen LogP contribution in [0.3, 0.4) is 0 Å². The van der Waals surface area contributed by atoms with Gasteiger partial charge in [0.25, 0.3) is 5.91 Å². The minimum atomic E-state index is -0.273. The molecule has 0 fully saturated rings. The van der Waals surface area contributed by atoms with Gasteiger partial charge in [-0.15, -0.1) is 0 Å². The summed E-state index contributed by atoms with van der Waals surface area (Å²) < 4.78 is 14.6. The summed E-state index contributed by atoms with van der Waals surface area (Å²) in [5.41, 5.74) is 9.96. The van der Waals surface area contributed by atoms with E-state index in [0.29, 0.717) is 35.1 Å². The van der Waals surface area contributed by atoms with Crippen LogP contribution in [0.15, 0.2) is 78.9 Å². The topological polar surface area (TPSA) is 72.9 Å². The highest BCUT2D eigenvalue weighted by atomic mass is 35.5. The summed E-state index contributed by atoms with van der Waals surface area (Å²) in [6.07, 6.45) is 0.625. The number of nitrogens with two attached hydrogens (primary N) is 1. The van der Waals surface area contributed by atoms with Crippen molar-refractivity contribution in [3.63, 3.8) is 0 Å². The van der Waals surface area contributed by atoms with Gasteiger partial charge in [-0.2, -0.15) is 5.10 Å². The molecule has 0 aliphatic carbocycles. The monoisotopic (exact) mass is 434 g/mol. The van der Waals surface area contributed by atoms with Crippen LogP contribution in [0.25, 0.3) is 16.9 Å². The molecule has 4 rings (SSSR count). The van der Waals surface area contributed by atoms with Crippen LogP contribution in [0.5, 0.6) is 0 Å². The lowest BCUT2D eigenvalue weighted by molar-refractivity contribution is 0.0954. The van der Waals surface area contributed by atoms with Crippen molar-refractivity contribution in [3.8, 4) is 16.9 Å². The number of hydrogen-bond donors (Lipinski definition) is 2. The molecule has 4 aromatic rings. The molecule has 0 atom stereocenters. The summed E-state index contributed by atoms with van der Waals surface area (Å²) in [5, 5.41) is 8.06. The summed E-state index contributed by atoms with van der Waals surface area (Å²) in [5.74, 6) is 0.0265. The lowest BCUT2D eigenvalue weighted by Crippen LogP contribution is -2.25. The van der Waals surface area contributed by atoms with Gasteiger partial charge in [-0.05, 0) is 60.5 Å². The quantitative estimate of drug-likeness (QED) is 0.454. The van der Waals surface area contributed by atoms with Crippen LogP contribution in [0, 0.1) is 5.82 Å². The van der Waals surface area contributed by atoms with Gasteiger partial charge < -0.3 is 11.1 Å². The van der Waals surface area contributed by atoms with E-state index in [0.717, 1.165) is 16.8 Å². The SMILES string of the molecule is Nc1cc(-c2cccc(Cl)c2)nn1-c1ccc(C(=O)NCCc2ccc(F)cc2)cc1. The van der Waals surface area contributed by atoms with Crippen LogP contribution < -0.4 is 11.1 Å². The Morgan fingerprint density at radius 3 is 2.48 bits per heavy atom. The Labute approximate surface area is 184 Å². The second-order valence-corrected chi connectivity index (χ2v) is 7.49. The Morgan fingerprint density at radius 2 is 1.77 bits per heavy atom. The highest BCUT2D eigenvalue weighted by molar-refractivity contribution is 6.30. The second kappa shape index (κ2) is 9.02. The molecule has 0 saturated heterocycles. The average molecular weight is 435 g/mol. The predicted octanol–water partition coefficient (Wildman–Crippen LogP) is 4.89. The zero-order valence-corrected chi connectivity index (χ0v) is 17.3. The smallest absolute Gasteiger partial charge is 0.251 e. The molecule has 1 heterocycles. The van der Waals surface area contributed by atoms with Crippen molar-refractivity contribution in [2.45, 2.75) is 6.42 Å². The van der Waals surface area contributed by atoms with Crippen molar-refractivity contribution >= 4 is 23.3 Å². The highest BCUT2D eigenvalue weighted by Crippen LogP contribution is 2.25. The lowest BCUT2D eigenvalue weighted by Gasteiger charge is -2.08. The third-order valence-electron chi connectivity index (χ3n) is 4.84. The molecular formula is C24H20ClFN4O. The largest absolute Gasteiger partial charge is 0.384 e. The van der Waals surface area contributed by atoms with Crippen LogP contribution >= 0.6 is 11.6 Å². The molecule has 0 unspecified atom stereocenters. The van der Waals surface area contributed by atoms with Crippen LogP contribution in [0.1, 0.15) is 15.9 Å². The van der Waals surface area contributed by atoms with Gasteiger partial charge in [-0.3, -0.25) is 4.79 Å². The molecule has 31 heavy (non-hydrogen) atoms. The molecule has 0 radical (unpaired) electrons. The molecule has 0 saturated carbocycles. The first-order chi connectivity index (χ1) is 15.0. The average Bonchev–Trinajstić information content (AvgIpc) is 3.17. The number of halogens is 2. The summed E-state index contributed by atoms with van der Waals surface area (Å²) >= 11 is 6.06. The first kappa shape index (κ1) is 20.6. The Kier molecular flexibility index (Phi) is 6.00. The first-order valence-electron chi connectivity index (χ1n) is 9.74. The molecule has 3 aromatic carbocycles. The van der Waals surface area contributed by atoms with Crippen molar-refractivity contribution in [2.24, 2.45) is 0 Å². The van der Waals surface area contributed by atoms with E-state index < -0.39 is 0 Å². The van der Waals surface area contributed by atoms with Gasteiger partial charge in [0.05, 0.1) is 11.4 Å². The van der Waals surface area contributed by atoms with E-state index in [4.69, 9.17) is 17.3 Å². The fourth-order valence-corrected chi connectivity index (χ4v) is 3.41. The van der Waals surface area contributed by atoms with Crippen LogP contribution in [0.2, 0.25) is 5.02 Å². The van der Waals surface area contributed by atoms with E-state index in [1.807, 2.05) is 18.2 Å². The third kappa shape index (κ3) is 4.92. The summed E-state index contributed by atoms with van der Waals surface area (Å²) in [6, 6.07) is 22.5. The van der Waals surface area contributed by atoms with E-state index in [9.17, 15) is 9.18 Å². The Bertz CT molecular complexity index is 1200. The highest BCUT2D eigenvalue weighted by Gasteiger charge is 2.11.